The van der Waals surface area contributed by atoms with Crippen LogP contribution < -0.4 is 16.0 Å². The molecule has 0 radical (unpaired) electrons. The van der Waals surface area contributed by atoms with E-state index < -0.39 is 11.6 Å². The molecular formula is C17H22N4O3. The number of nitrogens with one attached hydrogen (secondary N) is 3. The van der Waals surface area contributed by atoms with Gasteiger partial charge in [0.05, 0.1) is 0 Å². The fourth-order valence-electron chi connectivity index (χ4n) is 3.41. The van der Waals surface area contributed by atoms with Crippen LogP contribution in [-0.2, 0) is 10.3 Å². The SMILES string of the molecule is CNC[C@@H]1CCCN1C(=O)c1ccc([C@]2(C)NC(=O)NC2=O)cc1. The number of likely N-dealkylation sites (tertiary alicyclic amines) is 1. The number of carbonyl (C=O) groups excluding carboxylic acids is 3. The highest BCUT2D eigenvalue weighted by Crippen LogP contribution is 2.26. The number of benzene rings is 1. The summed E-state index contributed by atoms with van der Waals surface area (Å²) >= 11 is 0. The third kappa shape index (κ3) is 2.75. The molecule has 2 heterocycles. The highest BCUT2D eigenvalue weighted by Gasteiger charge is 2.43. The Kier molecular flexibility index (Phi) is 4.28. The zero-order valence-electron chi connectivity index (χ0n) is 13.9. The van der Waals surface area contributed by atoms with Gasteiger partial charge in [0.1, 0.15) is 5.54 Å². The first-order valence-electron chi connectivity index (χ1n) is 8.15. The molecule has 0 spiro atoms. The van der Waals surface area contributed by atoms with Crippen molar-refractivity contribution in [1.29, 1.82) is 0 Å². The Bertz CT molecular complexity index is 673. The Morgan fingerprint density at radius 2 is 2.04 bits per heavy atom. The molecule has 2 atom stereocenters. The quantitative estimate of drug-likeness (QED) is 0.704. The smallest absolute Gasteiger partial charge is 0.322 e. The normalized spacial score (nSPS) is 26.4. The van der Waals surface area contributed by atoms with Crippen molar-refractivity contribution < 1.29 is 14.4 Å². The van der Waals surface area contributed by atoms with E-state index in [2.05, 4.69) is 16.0 Å². The largest absolute Gasteiger partial charge is 0.334 e. The van der Waals surface area contributed by atoms with Crippen molar-refractivity contribution in [3.05, 3.63) is 35.4 Å². The first-order valence-corrected chi connectivity index (χ1v) is 8.15. The molecule has 0 aliphatic carbocycles. The highest BCUT2D eigenvalue weighted by atomic mass is 16.2. The van der Waals surface area contributed by atoms with Crippen LogP contribution in [0.5, 0.6) is 0 Å². The maximum absolute atomic E-state index is 12.7. The summed E-state index contributed by atoms with van der Waals surface area (Å²) in [7, 11) is 1.89. The zero-order chi connectivity index (χ0) is 17.3. The van der Waals surface area contributed by atoms with Crippen molar-refractivity contribution in [2.24, 2.45) is 0 Å². The van der Waals surface area contributed by atoms with Gasteiger partial charge in [0.25, 0.3) is 11.8 Å². The highest BCUT2D eigenvalue weighted by molar-refractivity contribution is 6.07. The van der Waals surface area contributed by atoms with Crippen LogP contribution in [0.3, 0.4) is 0 Å². The lowest BCUT2D eigenvalue weighted by Crippen LogP contribution is -2.41. The van der Waals surface area contributed by atoms with Crippen LogP contribution in [0.15, 0.2) is 24.3 Å². The molecule has 1 aromatic rings. The maximum atomic E-state index is 12.7. The van der Waals surface area contributed by atoms with Crippen molar-refractivity contribution in [2.75, 3.05) is 20.1 Å². The van der Waals surface area contributed by atoms with E-state index in [9.17, 15) is 14.4 Å². The van der Waals surface area contributed by atoms with Gasteiger partial charge in [0.15, 0.2) is 0 Å². The van der Waals surface area contributed by atoms with E-state index in [1.807, 2.05) is 11.9 Å². The second kappa shape index (κ2) is 6.24. The van der Waals surface area contributed by atoms with Gasteiger partial charge in [-0.1, -0.05) is 12.1 Å². The minimum Gasteiger partial charge on any atom is -0.334 e. The number of carbonyl (C=O) groups is 3. The summed E-state index contributed by atoms with van der Waals surface area (Å²) in [5.41, 5.74) is 0.145. The minimum atomic E-state index is -1.10. The van der Waals surface area contributed by atoms with Crippen LogP contribution in [0.1, 0.15) is 35.7 Å². The number of likely N-dealkylation sites (N-methyl/N-ethyl adjacent to an activating group) is 1. The lowest BCUT2D eigenvalue weighted by atomic mass is 9.91. The molecule has 3 N–H and O–H groups in total. The standard InChI is InChI=1S/C17H22N4O3/c1-17(15(23)19-16(24)20-17)12-7-5-11(6-8-12)14(22)21-9-3-4-13(21)10-18-2/h5-8,13,18H,3-4,9-10H2,1-2H3,(H2,19,20,23,24)/t13-,17-/m0/s1. The van der Waals surface area contributed by atoms with E-state index in [-0.39, 0.29) is 17.9 Å². The van der Waals surface area contributed by atoms with Crippen LogP contribution in [0.25, 0.3) is 0 Å². The summed E-state index contributed by atoms with van der Waals surface area (Å²) in [6, 6.07) is 6.60. The average molecular weight is 330 g/mol. The average Bonchev–Trinajstić information content (AvgIpc) is 3.12. The molecule has 2 saturated heterocycles. The van der Waals surface area contributed by atoms with Crippen LogP contribution in [0.4, 0.5) is 4.79 Å². The Morgan fingerprint density at radius 1 is 1.33 bits per heavy atom. The summed E-state index contributed by atoms with van der Waals surface area (Å²) in [4.78, 5) is 38.0. The fourth-order valence-corrected chi connectivity index (χ4v) is 3.41. The molecule has 24 heavy (non-hydrogen) atoms. The third-order valence-corrected chi connectivity index (χ3v) is 4.83. The molecule has 7 nitrogen and oxygen atoms in total. The number of nitrogens with zero attached hydrogens (tertiary/aromatic N) is 1. The van der Waals surface area contributed by atoms with Gasteiger partial charge >= 0.3 is 6.03 Å². The monoisotopic (exact) mass is 330 g/mol. The third-order valence-electron chi connectivity index (χ3n) is 4.83. The molecule has 0 bridgehead atoms. The second-order valence-corrected chi connectivity index (χ2v) is 6.46. The van der Waals surface area contributed by atoms with Crippen molar-refractivity contribution in [1.82, 2.24) is 20.9 Å². The first kappa shape index (κ1) is 16.4. The Hall–Kier alpha value is -2.41. The molecule has 0 aromatic heterocycles. The summed E-state index contributed by atoms with van der Waals surface area (Å²) in [6.45, 7) is 3.20. The predicted octanol–water partition coefficient (Wildman–Crippen LogP) is 0.565. The second-order valence-electron chi connectivity index (χ2n) is 6.46. The predicted molar refractivity (Wildman–Crippen MR) is 88.5 cm³/mol. The van der Waals surface area contributed by atoms with E-state index in [1.54, 1.807) is 31.2 Å². The van der Waals surface area contributed by atoms with Gasteiger partial charge in [-0.05, 0) is 44.5 Å². The van der Waals surface area contributed by atoms with Gasteiger partial charge < -0.3 is 15.5 Å². The lowest BCUT2D eigenvalue weighted by molar-refractivity contribution is -0.123. The summed E-state index contributed by atoms with van der Waals surface area (Å²) < 4.78 is 0. The van der Waals surface area contributed by atoms with E-state index in [0.717, 1.165) is 25.9 Å². The van der Waals surface area contributed by atoms with Gasteiger partial charge in [-0.15, -0.1) is 0 Å². The molecule has 0 unspecified atom stereocenters. The summed E-state index contributed by atoms with van der Waals surface area (Å²) in [5, 5.41) is 7.99. The number of urea groups is 1. The fraction of sp³-hybridized carbons (Fsp3) is 0.471. The Labute approximate surface area is 140 Å². The number of hydrogen-bond donors (Lipinski definition) is 3. The van der Waals surface area contributed by atoms with Crippen molar-refractivity contribution in [2.45, 2.75) is 31.3 Å². The first-order chi connectivity index (χ1) is 11.5. The van der Waals surface area contributed by atoms with Crippen molar-refractivity contribution >= 4 is 17.8 Å². The molecule has 1 aromatic carbocycles. The summed E-state index contributed by atoms with van der Waals surface area (Å²) in [6.07, 6.45) is 2.02. The van der Waals surface area contributed by atoms with Gasteiger partial charge in [0, 0.05) is 24.7 Å². The number of amides is 4. The molecule has 128 valence electrons. The molecule has 2 fully saturated rings. The maximum Gasteiger partial charge on any atom is 0.322 e. The van der Waals surface area contributed by atoms with Gasteiger partial charge in [-0.3, -0.25) is 14.9 Å². The van der Waals surface area contributed by atoms with Gasteiger partial charge in [-0.2, -0.15) is 0 Å². The number of imide groups is 1. The van der Waals surface area contributed by atoms with Crippen LogP contribution in [0.2, 0.25) is 0 Å². The Morgan fingerprint density at radius 3 is 2.62 bits per heavy atom. The van der Waals surface area contributed by atoms with Gasteiger partial charge in [0.2, 0.25) is 0 Å². The van der Waals surface area contributed by atoms with Crippen LogP contribution in [-0.4, -0.2) is 48.9 Å². The molecule has 2 aliphatic rings. The van der Waals surface area contributed by atoms with Crippen molar-refractivity contribution in [3.8, 4) is 0 Å². The number of rotatable bonds is 4. The molecule has 0 saturated carbocycles. The minimum absolute atomic E-state index is 0.00404. The molecule has 3 rings (SSSR count). The molecule has 7 heteroatoms. The molecule has 2 aliphatic heterocycles. The van der Waals surface area contributed by atoms with E-state index in [1.165, 1.54) is 0 Å². The summed E-state index contributed by atoms with van der Waals surface area (Å²) in [5.74, 6) is -0.385. The van der Waals surface area contributed by atoms with E-state index in [0.29, 0.717) is 11.1 Å². The lowest BCUT2D eigenvalue weighted by Gasteiger charge is -2.25. The molecule has 4 amide bonds. The van der Waals surface area contributed by atoms with Crippen molar-refractivity contribution in [3.63, 3.8) is 0 Å². The van der Waals surface area contributed by atoms with E-state index >= 15 is 0 Å². The van der Waals surface area contributed by atoms with Crippen LogP contribution >= 0.6 is 0 Å². The topological polar surface area (TPSA) is 90.5 Å². The van der Waals surface area contributed by atoms with Gasteiger partial charge in [-0.25, -0.2) is 4.79 Å². The van der Waals surface area contributed by atoms with Crippen LogP contribution in [0, 0.1) is 0 Å². The Balaban J connectivity index is 1.78. The van der Waals surface area contributed by atoms with E-state index in [4.69, 9.17) is 0 Å². The number of hydrogen-bond acceptors (Lipinski definition) is 4. The molecular weight excluding hydrogens is 308 g/mol. The zero-order valence-corrected chi connectivity index (χ0v) is 13.9.